The van der Waals surface area contributed by atoms with Gasteiger partial charge in [0.15, 0.2) is 0 Å². The van der Waals surface area contributed by atoms with Gasteiger partial charge in [0, 0.05) is 34.9 Å². The van der Waals surface area contributed by atoms with Gasteiger partial charge in [-0.05, 0) is 50.2 Å². The summed E-state index contributed by atoms with van der Waals surface area (Å²) in [5.41, 5.74) is 1.48. The van der Waals surface area contributed by atoms with Crippen molar-refractivity contribution in [1.82, 2.24) is 0 Å². The Labute approximate surface area is 161 Å². The first-order chi connectivity index (χ1) is 12.4. The number of benzene rings is 2. The normalized spacial score (nSPS) is 16.8. The van der Waals surface area contributed by atoms with Gasteiger partial charge in [-0.15, -0.1) is 0 Å². The van der Waals surface area contributed by atoms with Crippen LogP contribution >= 0.6 is 15.9 Å². The molecule has 0 unspecified atom stereocenters. The summed E-state index contributed by atoms with van der Waals surface area (Å²) in [6.45, 7) is 4.28. The Morgan fingerprint density at radius 2 is 1.96 bits per heavy atom. The molecule has 1 fully saturated rings. The predicted molar refractivity (Wildman–Crippen MR) is 105 cm³/mol. The average molecular weight is 417 g/mol. The minimum absolute atomic E-state index is 0.0376. The first-order valence-corrected chi connectivity index (χ1v) is 9.35. The third-order valence-corrected chi connectivity index (χ3v) is 4.64. The maximum absolute atomic E-state index is 12.6. The molecule has 1 atom stereocenters. The van der Waals surface area contributed by atoms with Gasteiger partial charge in [0.05, 0.1) is 12.0 Å². The molecule has 2 amide bonds. The van der Waals surface area contributed by atoms with Crippen molar-refractivity contribution in [3.05, 3.63) is 53.0 Å². The maximum Gasteiger partial charge on any atom is 0.229 e. The van der Waals surface area contributed by atoms with Crippen molar-refractivity contribution in [2.75, 3.05) is 16.8 Å². The van der Waals surface area contributed by atoms with E-state index in [0.717, 1.165) is 10.2 Å². The van der Waals surface area contributed by atoms with Crippen molar-refractivity contribution in [3.63, 3.8) is 0 Å². The topological polar surface area (TPSA) is 58.6 Å². The van der Waals surface area contributed by atoms with Crippen LogP contribution in [0.3, 0.4) is 0 Å². The van der Waals surface area contributed by atoms with Crippen LogP contribution in [-0.4, -0.2) is 24.5 Å². The van der Waals surface area contributed by atoms with E-state index >= 15 is 0 Å². The van der Waals surface area contributed by atoms with Gasteiger partial charge in [0.2, 0.25) is 11.8 Å². The number of nitrogens with zero attached hydrogens (tertiary/aromatic N) is 1. The standard InChI is InChI=1S/C20H21BrN2O3/c1-13(2)26-18-5-3-4-16(11-18)22-20(25)14-10-19(24)23(12-14)17-8-6-15(21)7-9-17/h3-9,11,13-14H,10,12H2,1-2H3,(H,22,25)/t14-/m1/s1. The summed E-state index contributed by atoms with van der Waals surface area (Å²) in [6, 6.07) is 14.8. The van der Waals surface area contributed by atoms with Crippen LogP contribution < -0.4 is 15.0 Å². The zero-order valence-corrected chi connectivity index (χ0v) is 16.3. The number of anilines is 2. The Hall–Kier alpha value is -2.34. The highest BCUT2D eigenvalue weighted by atomic mass is 79.9. The van der Waals surface area contributed by atoms with E-state index in [2.05, 4.69) is 21.2 Å². The number of carbonyl (C=O) groups is 2. The molecule has 0 bridgehead atoms. The summed E-state index contributed by atoms with van der Waals surface area (Å²) < 4.78 is 6.60. The molecule has 0 radical (unpaired) electrons. The van der Waals surface area contributed by atoms with Gasteiger partial charge in [0.25, 0.3) is 0 Å². The zero-order chi connectivity index (χ0) is 18.7. The summed E-state index contributed by atoms with van der Waals surface area (Å²) in [5.74, 6) is 0.140. The van der Waals surface area contributed by atoms with E-state index in [1.165, 1.54) is 0 Å². The molecule has 3 rings (SSSR count). The molecule has 1 aliphatic rings. The predicted octanol–water partition coefficient (Wildman–Crippen LogP) is 4.23. The third kappa shape index (κ3) is 4.43. The fraction of sp³-hybridized carbons (Fsp3) is 0.300. The molecule has 2 aromatic carbocycles. The summed E-state index contributed by atoms with van der Waals surface area (Å²) in [6.07, 6.45) is 0.275. The molecule has 0 aromatic heterocycles. The van der Waals surface area contributed by atoms with Crippen LogP contribution in [-0.2, 0) is 9.59 Å². The van der Waals surface area contributed by atoms with Crippen LogP contribution in [0.15, 0.2) is 53.0 Å². The van der Waals surface area contributed by atoms with E-state index in [1.54, 1.807) is 11.0 Å². The molecule has 1 N–H and O–H groups in total. The van der Waals surface area contributed by atoms with Gasteiger partial charge in [0.1, 0.15) is 5.75 Å². The highest BCUT2D eigenvalue weighted by Gasteiger charge is 2.35. The van der Waals surface area contributed by atoms with E-state index in [0.29, 0.717) is 18.0 Å². The number of ether oxygens (including phenoxy) is 1. The number of hydrogen-bond donors (Lipinski definition) is 1. The first-order valence-electron chi connectivity index (χ1n) is 8.56. The van der Waals surface area contributed by atoms with Crippen molar-refractivity contribution in [2.24, 2.45) is 5.92 Å². The van der Waals surface area contributed by atoms with Crippen LogP contribution in [0.1, 0.15) is 20.3 Å². The maximum atomic E-state index is 12.6. The van der Waals surface area contributed by atoms with Crippen molar-refractivity contribution in [2.45, 2.75) is 26.4 Å². The molecule has 1 saturated heterocycles. The lowest BCUT2D eigenvalue weighted by atomic mass is 10.1. The molecular weight excluding hydrogens is 396 g/mol. The van der Waals surface area contributed by atoms with E-state index in [-0.39, 0.29) is 30.3 Å². The number of amides is 2. The highest BCUT2D eigenvalue weighted by Crippen LogP contribution is 2.27. The van der Waals surface area contributed by atoms with Crippen LogP contribution in [0.25, 0.3) is 0 Å². The zero-order valence-electron chi connectivity index (χ0n) is 14.7. The lowest BCUT2D eigenvalue weighted by Crippen LogP contribution is -2.28. The molecule has 6 heteroatoms. The van der Waals surface area contributed by atoms with Gasteiger partial charge in [-0.2, -0.15) is 0 Å². The Morgan fingerprint density at radius 1 is 1.23 bits per heavy atom. The number of hydrogen-bond acceptors (Lipinski definition) is 3. The SMILES string of the molecule is CC(C)Oc1cccc(NC(=O)[C@@H]2CC(=O)N(c3ccc(Br)cc3)C2)c1. The third-order valence-electron chi connectivity index (χ3n) is 4.11. The second-order valence-corrected chi connectivity index (χ2v) is 7.48. The van der Waals surface area contributed by atoms with E-state index in [1.807, 2.05) is 56.3 Å². The molecule has 0 spiro atoms. The summed E-state index contributed by atoms with van der Waals surface area (Å²) in [4.78, 5) is 26.6. The number of halogens is 1. The molecule has 1 heterocycles. The van der Waals surface area contributed by atoms with Gasteiger partial charge < -0.3 is 15.0 Å². The molecule has 5 nitrogen and oxygen atoms in total. The van der Waals surface area contributed by atoms with Gasteiger partial charge >= 0.3 is 0 Å². The first kappa shape index (κ1) is 18.5. The van der Waals surface area contributed by atoms with Gasteiger partial charge in [-0.25, -0.2) is 0 Å². The lowest BCUT2D eigenvalue weighted by Gasteiger charge is -2.17. The minimum atomic E-state index is -0.374. The average Bonchev–Trinajstić information content (AvgIpc) is 2.97. The quantitative estimate of drug-likeness (QED) is 0.793. The van der Waals surface area contributed by atoms with Crippen LogP contribution in [0, 0.1) is 5.92 Å². The highest BCUT2D eigenvalue weighted by molar-refractivity contribution is 9.10. The molecule has 136 valence electrons. The molecule has 0 aliphatic carbocycles. The largest absolute Gasteiger partial charge is 0.491 e. The molecule has 26 heavy (non-hydrogen) atoms. The van der Waals surface area contributed by atoms with E-state index < -0.39 is 0 Å². The Kier molecular flexibility index (Phi) is 5.61. The number of nitrogens with one attached hydrogen (secondary N) is 1. The monoisotopic (exact) mass is 416 g/mol. The van der Waals surface area contributed by atoms with Gasteiger partial charge in [-0.1, -0.05) is 22.0 Å². The fourth-order valence-electron chi connectivity index (χ4n) is 2.92. The summed E-state index contributed by atoms with van der Waals surface area (Å²) in [5, 5.41) is 2.89. The molecule has 2 aromatic rings. The van der Waals surface area contributed by atoms with E-state index in [9.17, 15) is 9.59 Å². The Morgan fingerprint density at radius 3 is 2.65 bits per heavy atom. The summed E-state index contributed by atoms with van der Waals surface area (Å²) in [7, 11) is 0. The Bertz CT molecular complexity index is 805. The molecular formula is C20H21BrN2O3. The molecule has 1 aliphatic heterocycles. The van der Waals surface area contributed by atoms with Crippen molar-refractivity contribution >= 4 is 39.1 Å². The van der Waals surface area contributed by atoms with Crippen molar-refractivity contribution in [3.8, 4) is 5.75 Å². The van der Waals surface area contributed by atoms with Gasteiger partial charge in [-0.3, -0.25) is 9.59 Å². The van der Waals surface area contributed by atoms with Crippen LogP contribution in [0.4, 0.5) is 11.4 Å². The smallest absolute Gasteiger partial charge is 0.229 e. The lowest BCUT2D eigenvalue weighted by molar-refractivity contribution is -0.122. The number of rotatable bonds is 5. The summed E-state index contributed by atoms with van der Waals surface area (Å²) >= 11 is 3.38. The van der Waals surface area contributed by atoms with Crippen LogP contribution in [0.2, 0.25) is 0 Å². The molecule has 0 saturated carbocycles. The number of carbonyl (C=O) groups excluding carboxylic acids is 2. The van der Waals surface area contributed by atoms with E-state index in [4.69, 9.17) is 4.74 Å². The van der Waals surface area contributed by atoms with Crippen LogP contribution in [0.5, 0.6) is 5.75 Å². The second-order valence-electron chi connectivity index (χ2n) is 6.57. The minimum Gasteiger partial charge on any atom is -0.491 e. The second kappa shape index (κ2) is 7.91. The fourth-order valence-corrected chi connectivity index (χ4v) is 3.18. The van der Waals surface area contributed by atoms with Crippen molar-refractivity contribution < 1.29 is 14.3 Å². The Balaban J connectivity index is 1.66. The van der Waals surface area contributed by atoms with Crippen molar-refractivity contribution in [1.29, 1.82) is 0 Å².